The van der Waals surface area contributed by atoms with E-state index in [2.05, 4.69) is 59.3 Å². The number of hydrogen-bond acceptors (Lipinski definition) is 3. The molecule has 0 aliphatic rings. The smallest absolute Gasteiger partial charge is 0.261 e. The number of allylic oxidation sites excluding steroid dienone is 1. The average Bonchev–Trinajstić information content (AvgIpc) is 3.07. The molecule has 1 atom stereocenters. The molecule has 0 heterocycles. The molecule has 0 amide bonds. The molecule has 44 heavy (non-hydrogen) atoms. The van der Waals surface area contributed by atoms with Gasteiger partial charge >= 0.3 is 0 Å². The van der Waals surface area contributed by atoms with Crippen LogP contribution in [0, 0.1) is 6.92 Å². The van der Waals surface area contributed by atoms with Gasteiger partial charge in [0.2, 0.25) is 0 Å². The highest BCUT2D eigenvalue weighted by molar-refractivity contribution is 8.22. The minimum atomic E-state index is -3.90. The summed E-state index contributed by atoms with van der Waals surface area (Å²) in [6.07, 6.45) is 2.05. The first-order valence-electron chi connectivity index (χ1n) is 14.4. The van der Waals surface area contributed by atoms with Gasteiger partial charge in [0, 0.05) is 11.7 Å². The standard InChI is InChI=1S/C38H32NO2PS2/c1-29-21-25-36(26-22-29)44(40,41)39-37(31-14-5-2-6-15-31)28-38(33-24-23-30-13-11-12-16-32(30)27-33)42(43,34-17-7-3-8-18-34)35-19-9-4-10-20-35/h2-28,38-39H,1H3/b37-28-/t38-/m1/s1. The number of benzene rings is 6. The number of rotatable bonds is 9. The highest BCUT2D eigenvalue weighted by atomic mass is 32.4. The summed E-state index contributed by atoms with van der Waals surface area (Å²) in [5.41, 5.74) is 2.94. The summed E-state index contributed by atoms with van der Waals surface area (Å²) in [5.74, 6) is 0. The molecule has 0 aromatic heterocycles. The van der Waals surface area contributed by atoms with Crippen LogP contribution in [0.1, 0.15) is 22.3 Å². The van der Waals surface area contributed by atoms with Crippen molar-refractivity contribution in [3.05, 3.63) is 180 Å². The highest BCUT2D eigenvalue weighted by Crippen LogP contribution is 2.59. The average molecular weight is 630 g/mol. The maximum absolute atomic E-state index is 13.8. The van der Waals surface area contributed by atoms with Crippen LogP contribution in [0.3, 0.4) is 0 Å². The number of aryl methyl sites for hydroxylation is 1. The molecule has 0 spiro atoms. The van der Waals surface area contributed by atoms with Crippen molar-refractivity contribution >= 4 is 54.9 Å². The van der Waals surface area contributed by atoms with Gasteiger partial charge in [-0.2, -0.15) is 0 Å². The lowest BCUT2D eigenvalue weighted by molar-refractivity contribution is 0.591. The molecule has 6 aromatic rings. The van der Waals surface area contributed by atoms with E-state index in [1.165, 1.54) is 0 Å². The zero-order valence-electron chi connectivity index (χ0n) is 24.2. The number of hydrogen-bond donors (Lipinski definition) is 1. The van der Waals surface area contributed by atoms with E-state index in [1.807, 2.05) is 104 Å². The first-order valence-corrected chi connectivity index (χ1v) is 18.8. The first kappa shape index (κ1) is 29.8. The van der Waals surface area contributed by atoms with Crippen molar-refractivity contribution in [1.82, 2.24) is 4.72 Å². The molecule has 6 heteroatoms. The van der Waals surface area contributed by atoms with Crippen molar-refractivity contribution in [2.75, 3.05) is 0 Å². The van der Waals surface area contributed by atoms with Crippen molar-refractivity contribution in [2.45, 2.75) is 17.5 Å². The lowest BCUT2D eigenvalue weighted by Gasteiger charge is -2.32. The Hall–Kier alpha value is -4.28. The van der Waals surface area contributed by atoms with Gasteiger partial charge in [-0.1, -0.05) is 163 Å². The second-order valence-corrected chi connectivity index (χ2v) is 17.1. The Bertz CT molecular complexity index is 2030. The van der Waals surface area contributed by atoms with E-state index in [0.717, 1.165) is 38.1 Å². The van der Waals surface area contributed by atoms with Gasteiger partial charge in [-0.15, -0.1) is 0 Å². The summed E-state index contributed by atoms with van der Waals surface area (Å²) >= 11 is 6.87. The molecule has 0 saturated carbocycles. The maximum Gasteiger partial charge on any atom is 0.261 e. The molecule has 3 nitrogen and oxygen atoms in total. The number of nitrogens with one attached hydrogen (secondary N) is 1. The Morgan fingerprint density at radius 1 is 0.659 bits per heavy atom. The van der Waals surface area contributed by atoms with Gasteiger partial charge in [-0.3, -0.25) is 4.72 Å². The van der Waals surface area contributed by atoms with E-state index < -0.39 is 16.1 Å². The summed E-state index contributed by atoms with van der Waals surface area (Å²) < 4.78 is 30.6. The van der Waals surface area contributed by atoms with Gasteiger partial charge in [0.05, 0.1) is 10.6 Å². The molecule has 0 fully saturated rings. The van der Waals surface area contributed by atoms with E-state index in [4.69, 9.17) is 11.8 Å². The van der Waals surface area contributed by atoms with Crippen LogP contribution >= 0.6 is 6.04 Å². The molecule has 6 aromatic carbocycles. The van der Waals surface area contributed by atoms with Crippen molar-refractivity contribution < 1.29 is 8.42 Å². The molecular weight excluding hydrogens is 598 g/mol. The molecule has 0 aliphatic heterocycles. The molecule has 0 saturated heterocycles. The van der Waals surface area contributed by atoms with E-state index in [-0.39, 0.29) is 10.6 Å². The predicted octanol–water partition coefficient (Wildman–Crippen LogP) is 8.34. The van der Waals surface area contributed by atoms with Crippen LogP contribution in [0.2, 0.25) is 0 Å². The molecule has 0 radical (unpaired) electrons. The molecular formula is C38H32NO2PS2. The SMILES string of the molecule is Cc1ccc(S(=O)(=O)N/C(=C\[C@H](c2ccc3ccccc3c2)P(=S)(c2ccccc2)c2ccccc2)c2ccccc2)cc1. The minimum Gasteiger partial charge on any atom is -0.279 e. The zero-order valence-corrected chi connectivity index (χ0v) is 26.8. The third kappa shape index (κ3) is 6.18. The van der Waals surface area contributed by atoms with E-state index in [0.29, 0.717) is 5.70 Å². The maximum atomic E-state index is 13.8. The van der Waals surface area contributed by atoms with Crippen molar-refractivity contribution in [3.63, 3.8) is 0 Å². The van der Waals surface area contributed by atoms with Crippen LogP contribution in [0.4, 0.5) is 0 Å². The van der Waals surface area contributed by atoms with E-state index >= 15 is 0 Å². The normalized spacial score (nSPS) is 13.0. The van der Waals surface area contributed by atoms with Gasteiger partial charge in [0.1, 0.15) is 0 Å². The Morgan fingerprint density at radius 2 is 1.18 bits per heavy atom. The fourth-order valence-corrected chi connectivity index (χ4v) is 10.9. The van der Waals surface area contributed by atoms with Crippen LogP contribution in [0.15, 0.2) is 169 Å². The van der Waals surface area contributed by atoms with E-state index in [1.54, 1.807) is 12.1 Å². The van der Waals surface area contributed by atoms with Crippen LogP contribution in [0.25, 0.3) is 16.5 Å². The molecule has 0 aliphatic carbocycles. The molecule has 218 valence electrons. The van der Waals surface area contributed by atoms with E-state index in [9.17, 15) is 8.42 Å². The molecule has 1 N–H and O–H groups in total. The van der Waals surface area contributed by atoms with Crippen LogP contribution in [-0.2, 0) is 21.8 Å². The second-order valence-electron chi connectivity index (χ2n) is 10.7. The lowest BCUT2D eigenvalue weighted by Crippen LogP contribution is -2.25. The minimum absolute atomic E-state index is 0.206. The third-order valence-corrected chi connectivity index (χ3v) is 14.5. The fraction of sp³-hybridized carbons (Fsp3) is 0.0526. The summed E-state index contributed by atoms with van der Waals surface area (Å²) in [6, 6.07) is 49.1. The van der Waals surface area contributed by atoms with Crippen molar-refractivity contribution in [1.29, 1.82) is 0 Å². The molecule has 0 unspecified atom stereocenters. The largest absolute Gasteiger partial charge is 0.279 e. The topological polar surface area (TPSA) is 46.2 Å². The summed E-state index contributed by atoms with van der Waals surface area (Å²) in [6.45, 7) is 1.94. The lowest BCUT2D eigenvalue weighted by atomic mass is 10.0. The summed E-state index contributed by atoms with van der Waals surface area (Å²) in [7, 11) is -3.90. The van der Waals surface area contributed by atoms with Gasteiger partial charge in [0.15, 0.2) is 0 Å². The van der Waals surface area contributed by atoms with Gasteiger partial charge in [-0.05, 0) is 57.6 Å². The van der Waals surface area contributed by atoms with Gasteiger partial charge in [-0.25, -0.2) is 8.42 Å². The molecule has 0 bridgehead atoms. The Morgan fingerprint density at radius 3 is 1.77 bits per heavy atom. The van der Waals surface area contributed by atoms with Crippen LogP contribution in [0.5, 0.6) is 0 Å². The predicted molar refractivity (Wildman–Crippen MR) is 189 cm³/mol. The van der Waals surface area contributed by atoms with Crippen LogP contribution < -0.4 is 15.3 Å². The summed E-state index contributed by atoms with van der Waals surface area (Å²) in [4.78, 5) is 0.206. The first-order chi connectivity index (χ1) is 21.3. The Kier molecular flexibility index (Phi) is 8.63. The second kappa shape index (κ2) is 12.8. The fourth-order valence-electron chi connectivity index (χ4n) is 5.46. The monoisotopic (exact) mass is 629 g/mol. The Labute approximate surface area is 265 Å². The van der Waals surface area contributed by atoms with Gasteiger partial charge < -0.3 is 0 Å². The number of fused-ring (bicyclic) bond motifs is 1. The zero-order chi connectivity index (χ0) is 30.6. The van der Waals surface area contributed by atoms with Crippen molar-refractivity contribution in [2.24, 2.45) is 0 Å². The third-order valence-electron chi connectivity index (χ3n) is 7.77. The van der Waals surface area contributed by atoms with Crippen LogP contribution in [-0.4, -0.2) is 8.42 Å². The van der Waals surface area contributed by atoms with Gasteiger partial charge in [0.25, 0.3) is 10.0 Å². The summed E-state index contributed by atoms with van der Waals surface area (Å²) in [5, 5.41) is 4.36. The Balaban J connectivity index is 1.63. The quantitative estimate of drug-likeness (QED) is 0.164. The molecule has 6 rings (SSSR count). The van der Waals surface area contributed by atoms with Crippen molar-refractivity contribution in [3.8, 4) is 0 Å². The number of sulfonamides is 1. The highest BCUT2D eigenvalue weighted by Gasteiger charge is 2.33.